The zero-order valence-electron chi connectivity index (χ0n) is 17.3. The molecular weight excluding hydrogens is 395 g/mol. The summed E-state index contributed by atoms with van der Waals surface area (Å²) in [5.74, 6) is -0.533. The molecule has 1 aromatic carbocycles. The first-order valence-corrected chi connectivity index (χ1v) is 9.76. The maximum atomic E-state index is 13.2. The number of fused-ring (bicyclic) bond motifs is 1. The molecule has 0 aliphatic heterocycles. The van der Waals surface area contributed by atoms with Gasteiger partial charge >= 0.3 is 6.18 Å². The van der Waals surface area contributed by atoms with E-state index in [2.05, 4.69) is 15.4 Å². The molecule has 0 fully saturated rings. The van der Waals surface area contributed by atoms with E-state index in [4.69, 9.17) is 0 Å². The number of amides is 1. The van der Waals surface area contributed by atoms with Gasteiger partial charge in [-0.15, -0.1) is 0 Å². The second kappa shape index (κ2) is 8.33. The van der Waals surface area contributed by atoms with Gasteiger partial charge in [-0.05, 0) is 52.0 Å². The Morgan fingerprint density at radius 1 is 1.17 bits per heavy atom. The normalized spacial score (nSPS) is 11.9. The van der Waals surface area contributed by atoms with Crippen LogP contribution in [0.25, 0.3) is 11.0 Å². The second-order valence-corrected chi connectivity index (χ2v) is 7.18. The fourth-order valence-corrected chi connectivity index (χ4v) is 3.29. The number of pyridine rings is 1. The molecular formula is C21H24F3N5O. The monoisotopic (exact) mass is 419 g/mol. The molecule has 0 aliphatic carbocycles. The van der Waals surface area contributed by atoms with E-state index in [-0.39, 0.29) is 17.3 Å². The Bertz CT molecular complexity index is 1050. The van der Waals surface area contributed by atoms with Crippen molar-refractivity contribution in [3.63, 3.8) is 0 Å². The number of hydrogen-bond acceptors (Lipinski definition) is 4. The third-order valence-electron chi connectivity index (χ3n) is 4.86. The van der Waals surface area contributed by atoms with Crippen molar-refractivity contribution in [1.29, 1.82) is 0 Å². The lowest BCUT2D eigenvalue weighted by Crippen LogP contribution is -2.24. The molecule has 0 saturated carbocycles. The molecule has 6 nitrogen and oxygen atoms in total. The van der Waals surface area contributed by atoms with Gasteiger partial charge < -0.3 is 10.2 Å². The Balaban J connectivity index is 1.97. The first-order chi connectivity index (χ1) is 14.2. The second-order valence-electron chi connectivity index (χ2n) is 7.18. The Morgan fingerprint density at radius 3 is 2.47 bits per heavy atom. The van der Waals surface area contributed by atoms with Crippen molar-refractivity contribution < 1.29 is 18.0 Å². The van der Waals surface area contributed by atoms with E-state index in [0.717, 1.165) is 12.1 Å². The largest absolute Gasteiger partial charge is 0.416 e. The average molecular weight is 419 g/mol. The summed E-state index contributed by atoms with van der Waals surface area (Å²) in [4.78, 5) is 19.0. The summed E-state index contributed by atoms with van der Waals surface area (Å²) in [5.41, 5.74) is 0.707. The molecule has 160 valence electrons. The Morgan fingerprint density at radius 2 is 1.87 bits per heavy atom. The number of anilines is 2. The van der Waals surface area contributed by atoms with Crippen molar-refractivity contribution in [1.82, 2.24) is 14.8 Å². The van der Waals surface area contributed by atoms with E-state index in [1.165, 1.54) is 12.3 Å². The van der Waals surface area contributed by atoms with Gasteiger partial charge in [-0.25, -0.2) is 9.67 Å². The highest BCUT2D eigenvalue weighted by Crippen LogP contribution is 2.35. The third-order valence-corrected chi connectivity index (χ3v) is 4.86. The summed E-state index contributed by atoms with van der Waals surface area (Å²) in [6.07, 6.45) is -1.49. The van der Waals surface area contributed by atoms with Gasteiger partial charge in [-0.2, -0.15) is 18.3 Å². The maximum Gasteiger partial charge on any atom is 0.416 e. The third kappa shape index (κ3) is 4.24. The van der Waals surface area contributed by atoms with Gasteiger partial charge in [0.15, 0.2) is 5.65 Å². The van der Waals surface area contributed by atoms with E-state index in [1.54, 1.807) is 16.9 Å². The topological polar surface area (TPSA) is 63.1 Å². The van der Waals surface area contributed by atoms with Crippen molar-refractivity contribution in [2.45, 2.75) is 39.9 Å². The van der Waals surface area contributed by atoms with Crippen LogP contribution in [0.2, 0.25) is 0 Å². The summed E-state index contributed by atoms with van der Waals surface area (Å²) >= 11 is 0. The van der Waals surface area contributed by atoms with E-state index < -0.39 is 17.6 Å². The van der Waals surface area contributed by atoms with Crippen molar-refractivity contribution in [3.05, 3.63) is 47.8 Å². The highest BCUT2D eigenvalue weighted by atomic mass is 19.4. The number of carbonyl (C=O) groups is 1. The molecule has 0 radical (unpaired) electrons. The van der Waals surface area contributed by atoms with Crippen molar-refractivity contribution >= 4 is 28.3 Å². The van der Waals surface area contributed by atoms with Gasteiger partial charge in [0.05, 0.1) is 28.7 Å². The first-order valence-electron chi connectivity index (χ1n) is 9.76. The summed E-state index contributed by atoms with van der Waals surface area (Å²) in [5, 5.41) is 7.59. The van der Waals surface area contributed by atoms with Crippen LogP contribution in [-0.4, -0.2) is 33.8 Å². The molecule has 2 aromatic heterocycles. The summed E-state index contributed by atoms with van der Waals surface area (Å²) in [6.45, 7) is 8.92. The Hall–Kier alpha value is -3.10. The molecule has 30 heavy (non-hydrogen) atoms. The predicted molar refractivity (Wildman–Crippen MR) is 111 cm³/mol. The van der Waals surface area contributed by atoms with E-state index >= 15 is 0 Å². The maximum absolute atomic E-state index is 13.2. The molecule has 0 aliphatic rings. The van der Waals surface area contributed by atoms with E-state index in [0.29, 0.717) is 29.8 Å². The van der Waals surface area contributed by atoms with Gasteiger partial charge in [0.1, 0.15) is 0 Å². The van der Waals surface area contributed by atoms with Crippen LogP contribution < -0.4 is 10.2 Å². The van der Waals surface area contributed by atoms with Crippen molar-refractivity contribution in [2.24, 2.45) is 0 Å². The van der Waals surface area contributed by atoms with E-state index in [9.17, 15) is 18.0 Å². The number of nitrogens with zero attached hydrogens (tertiary/aromatic N) is 4. The molecule has 0 atom stereocenters. The van der Waals surface area contributed by atoms with Crippen LogP contribution in [0.15, 0.2) is 36.7 Å². The molecule has 2 heterocycles. The lowest BCUT2D eigenvalue weighted by Gasteiger charge is -2.25. The average Bonchev–Trinajstić information content (AvgIpc) is 3.12. The molecule has 1 N–H and O–H groups in total. The quantitative estimate of drug-likeness (QED) is 0.602. The van der Waals surface area contributed by atoms with Gasteiger partial charge in [-0.3, -0.25) is 4.79 Å². The fraction of sp³-hybridized carbons (Fsp3) is 0.381. The highest BCUT2D eigenvalue weighted by Gasteiger charge is 2.31. The van der Waals surface area contributed by atoms with Crippen molar-refractivity contribution in [2.75, 3.05) is 23.3 Å². The SMILES string of the molecule is CCN(CC)c1ccc(C(F)(F)F)cc1NC(=O)c1cnc2c(cnn2C(C)C)c1. The minimum Gasteiger partial charge on any atom is -0.370 e. The molecule has 1 amide bonds. The van der Waals surface area contributed by atoms with E-state index in [1.807, 2.05) is 32.6 Å². The van der Waals surface area contributed by atoms with Crippen molar-refractivity contribution in [3.8, 4) is 0 Å². The number of hydrogen-bond donors (Lipinski definition) is 1. The van der Waals surface area contributed by atoms with Crippen LogP contribution in [0.5, 0.6) is 0 Å². The van der Waals surface area contributed by atoms with Crippen LogP contribution in [0.1, 0.15) is 49.7 Å². The fourth-order valence-electron chi connectivity index (χ4n) is 3.29. The van der Waals surface area contributed by atoms with Crippen LogP contribution in [-0.2, 0) is 6.18 Å². The van der Waals surface area contributed by atoms with Gasteiger partial charge in [0.25, 0.3) is 5.91 Å². The van der Waals surface area contributed by atoms with Crippen LogP contribution >= 0.6 is 0 Å². The molecule has 0 bridgehead atoms. The number of alkyl halides is 3. The molecule has 0 saturated heterocycles. The zero-order valence-corrected chi connectivity index (χ0v) is 17.3. The predicted octanol–water partition coefficient (Wildman–Crippen LogP) is 5.13. The number of carbonyl (C=O) groups excluding carboxylic acids is 1. The first kappa shape index (κ1) is 21.6. The van der Waals surface area contributed by atoms with Crippen LogP contribution in [0.4, 0.5) is 24.5 Å². The lowest BCUT2D eigenvalue weighted by molar-refractivity contribution is -0.137. The summed E-state index contributed by atoms with van der Waals surface area (Å²) in [7, 11) is 0. The smallest absolute Gasteiger partial charge is 0.370 e. The number of rotatable bonds is 6. The highest BCUT2D eigenvalue weighted by molar-refractivity contribution is 6.07. The van der Waals surface area contributed by atoms with Crippen LogP contribution in [0, 0.1) is 0 Å². The summed E-state index contributed by atoms with van der Waals surface area (Å²) in [6, 6.07) is 5.12. The van der Waals surface area contributed by atoms with Crippen LogP contribution in [0.3, 0.4) is 0 Å². The summed E-state index contributed by atoms with van der Waals surface area (Å²) < 4.78 is 41.4. The minimum atomic E-state index is -4.51. The van der Waals surface area contributed by atoms with Gasteiger partial charge in [-0.1, -0.05) is 0 Å². The number of benzene rings is 1. The molecule has 0 spiro atoms. The number of halogens is 3. The minimum absolute atomic E-state index is 0.108. The van der Waals surface area contributed by atoms with Gasteiger partial charge in [0.2, 0.25) is 0 Å². The molecule has 3 rings (SSSR count). The van der Waals surface area contributed by atoms with Gasteiger partial charge in [0, 0.05) is 30.7 Å². The zero-order chi connectivity index (χ0) is 22.1. The molecule has 3 aromatic rings. The lowest BCUT2D eigenvalue weighted by atomic mass is 10.1. The number of aromatic nitrogens is 3. The number of nitrogens with one attached hydrogen (secondary N) is 1. The standard InChI is InChI=1S/C21H24F3N5O/c1-5-28(6-2)18-8-7-16(21(22,23)24)10-17(18)27-20(30)15-9-14-12-26-29(13(3)4)19(14)25-11-15/h7-13H,5-6H2,1-4H3,(H,27,30). The Labute approximate surface area is 172 Å². The molecule has 9 heteroatoms. The Kier molecular flexibility index (Phi) is 6.00. The molecule has 0 unspecified atom stereocenters.